The molecule has 0 fully saturated rings. The predicted octanol–water partition coefficient (Wildman–Crippen LogP) is 3.14. The molecule has 0 saturated carbocycles. The van der Waals surface area contributed by atoms with E-state index in [1.807, 2.05) is 0 Å². The molecule has 0 heterocycles. The van der Waals surface area contributed by atoms with Crippen LogP contribution in [0.2, 0.25) is 0 Å². The van der Waals surface area contributed by atoms with Gasteiger partial charge in [0.1, 0.15) is 11.6 Å². The maximum atomic E-state index is 12.8. The molecule has 0 radical (unpaired) electrons. The first kappa shape index (κ1) is 20.2. The van der Waals surface area contributed by atoms with Crippen molar-refractivity contribution in [3.05, 3.63) is 71.6 Å². The molecule has 6 heteroatoms. The lowest BCUT2D eigenvalue weighted by atomic mass is 10.1. The molecule has 2 aromatic rings. The van der Waals surface area contributed by atoms with Crippen LogP contribution in [-0.4, -0.2) is 31.6 Å². The van der Waals surface area contributed by atoms with Gasteiger partial charge in [-0.1, -0.05) is 24.3 Å². The third-order valence-electron chi connectivity index (χ3n) is 3.82. The molecule has 1 atom stereocenters. The minimum Gasteiger partial charge on any atom is -0.497 e. The summed E-state index contributed by atoms with van der Waals surface area (Å²) in [7, 11) is 1.58. The van der Waals surface area contributed by atoms with Crippen molar-refractivity contribution in [2.75, 3.05) is 13.7 Å². The average Bonchev–Trinajstić information content (AvgIpc) is 2.68. The number of carbonyl (C=O) groups is 2. The van der Waals surface area contributed by atoms with Crippen LogP contribution in [0, 0.1) is 5.82 Å². The molecule has 27 heavy (non-hydrogen) atoms. The van der Waals surface area contributed by atoms with Crippen LogP contribution in [0.15, 0.2) is 54.6 Å². The molecule has 2 rings (SSSR count). The Bertz CT molecular complexity index is 785. The fraction of sp³-hybridized carbons (Fsp3) is 0.238. The third kappa shape index (κ3) is 6.93. The highest BCUT2D eigenvalue weighted by Gasteiger charge is 2.15. The summed E-state index contributed by atoms with van der Waals surface area (Å²) in [6, 6.07) is 13.2. The lowest BCUT2D eigenvalue weighted by molar-refractivity contribution is -0.150. The lowest BCUT2D eigenvalue weighted by Crippen LogP contribution is -2.36. The van der Waals surface area contributed by atoms with Gasteiger partial charge < -0.3 is 14.8 Å². The topological polar surface area (TPSA) is 64.6 Å². The summed E-state index contributed by atoms with van der Waals surface area (Å²) in [6.45, 7) is 1.88. The number of esters is 1. The highest BCUT2D eigenvalue weighted by molar-refractivity contribution is 5.90. The monoisotopic (exact) mass is 371 g/mol. The van der Waals surface area contributed by atoms with Crippen LogP contribution < -0.4 is 10.1 Å². The SMILES string of the molecule is COc1ccc(/C=C/C(=O)O[C@H](C)C(=O)NCCc2ccc(F)cc2)cc1. The Labute approximate surface area is 157 Å². The van der Waals surface area contributed by atoms with Crippen molar-refractivity contribution in [3.8, 4) is 5.75 Å². The van der Waals surface area contributed by atoms with Gasteiger partial charge in [-0.15, -0.1) is 0 Å². The largest absolute Gasteiger partial charge is 0.497 e. The van der Waals surface area contributed by atoms with Gasteiger partial charge in [-0.2, -0.15) is 0 Å². The molecule has 0 aromatic heterocycles. The van der Waals surface area contributed by atoms with Gasteiger partial charge in [0.2, 0.25) is 0 Å². The molecule has 0 bridgehead atoms. The van der Waals surface area contributed by atoms with E-state index in [2.05, 4.69) is 5.32 Å². The first-order chi connectivity index (χ1) is 13.0. The zero-order valence-electron chi connectivity index (χ0n) is 15.3. The van der Waals surface area contributed by atoms with E-state index < -0.39 is 12.1 Å². The first-order valence-corrected chi connectivity index (χ1v) is 8.53. The Morgan fingerprint density at radius 2 is 1.78 bits per heavy atom. The van der Waals surface area contributed by atoms with Crippen molar-refractivity contribution >= 4 is 18.0 Å². The van der Waals surface area contributed by atoms with Crippen molar-refractivity contribution in [1.29, 1.82) is 0 Å². The molecule has 5 nitrogen and oxygen atoms in total. The highest BCUT2D eigenvalue weighted by atomic mass is 19.1. The van der Waals surface area contributed by atoms with Crippen molar-refractivity contribution < 1.29 is 23.5 Å². The summed E-state index contributed by atoms with van der Waals surface area (Å²) in [5, 5.41) is 2.69. The van der Waals surface area contributed by atoms with Gasteiger partial charge in [-0.05, 0) is 54.8 Å². The number of halogens is 1. The van der Waals surface area contributed by atoms with Gasteiger partial charge in [0.15, 0.2) is 6.10 Å². The second kappa shape index (κ2) is 10.1. The lowest BCUT2D eigenvalue weighted by Gasteiger charge is -2.12. The average molecular weight is 371 g/mol. The molecule has 2 aromatic carbocycles. The molecule has 0 unspecified atom stereocenters. The third-order valence-corrected chi connectivity index (χ3v) is 3.82. The Kier molecular flexibility index (Phi) is 7.55. The van der Waals surface area contributed by atoms with E-state index in [-0.39, 0.29) is 11.7 Å². The fourth-order valence-electron chi connectivity index (χ4n) is 2.27. The summed E-state index contributed by atoms with van der Waals surface area (Å²) in [5.74, 6) is -0.568. The molecular formula is C21H22FNO4. The van der Waals surface area contributed by atoms with E-state index in [0.29, 0.717) is 13.0 Å². The predicted molar refractivity (Wildman–Crippen MR) is 101 cm³/mol. The number of hydrogen-bond acceptors (Lipinski definition) is 4. The van der Waals surface area contributed by atoms with Crippen molar-refractivity contribution in [3.63, 3.8) is 0 Å². The van der Waals surface area contributed by atoms with Crippen LogP contribution >= 0.6 is 0 Å². The normalized spacial score (nSPS) is 11.8. The van der Waals surface area contributed by atoms with E-state index in [4.69, 9.17) is 9.47 Å². The number of nitrogens with one attached hydrogen (secondary N) is 1. The Morgan fingerprint density at radius 1 is 1.11 bits per heavy atom. The number of rotatable bonds is 8. The highest BCUT2D eigenvalue weighted by Crippen LogP contribution is 2.12. The van der Waals surface area contributed by atoms with Crippen LogP contribution in [0.1, 0.15) is 18.1 Å². The zero-order valence-corrected chi connectivity index (χ0v) is 15.3. The van der Waals surface area contributed by atoms with Crippen LogP contribution in [-0.2, 0) is 20.7 Å². The molecule has 0 aliphatic rings. The Morgan fingerprint density at radius 3 is 2.41 bits per heavy atom. The maximum Gasteiger partial charge on any atom is 0.331 e. The van der Waals surface area contributed by atoms with Crippen LogP contribution in [0.4, 0.5) is 4.39 Å². The van der Waals surface area contributed by atoms with Gasteiger partial charge in [-0.25, -0.2) is 9.18 Å². The minimum atomic E-state index is -0.911. The van der Waals surface area contributed by atoms with Gasteiger partial charge in [-0.3, -0.25) is 4.79 Å². The molecule has 0 spiro atoms. The summed E-state index contributed by atoms with van der Waals surface area (Å²) in [5.41, 5.74) is 1.72. The standard InChI is InChI=1S/C21H22FNO4/c1-15(21(25)23-14-13-17-3-8-18(22)9-4-17)27-20(24)12-7-16-5-10-19(26-2)11-6-16/h3-12,15H,13-14H2,1-2H3,(H,23,25)/b12-7+/t15-/m1/s1. The van der Waals surface area contributed by atoms with Crippen LogP contribution in [0.5, 0.6) is 5.75 Å². The summed E-state index contributed by atoms with van der Waals surface area (Å²) < 4.78 is 23.0. The number of hydrogen-bond donors (Lipinski definition) is 1. The van der Waals surface area contributed by atoms with Gasteiger partial charge in [0.25, 0.3) is 5.91 Å². The molecule has 1 N–H and O–H groups in total. The Hall–Kier alpha value is -3.15. The van der Waals surface area contributed by atoms with Crippen molar-refractivity contribution in [1.82, 2.24) is 5.32 Å². The Balaban J connectivity index is 1.74. The van der Waals surface area contributed by atoms with E-state index in [9.17, 15) is 14.0 Å². The number of amides is 1. The summed E-state index contributed by atoms with van der Waals surface area (Å²) >= 11 is 0. The molecule has 0 saturated heterocycles. The smallest absolute Gasteiger partial charge is 0.331 e. The molecular weight excluding hydrogens is 349 g/mol. The maximum absolute atomic E-state index is 12.8. The van der Waals surface area contributed by atoms with Crippen molar-refractivity contribution in [2.24, 2.45) is 0 Å². The number of benzene rings is 2. The van der Waals surface area contributed by atoms with Gasteiger partial charge in [0.05, 0.1) is 7.11 Å². The number of ether oxygens (including phenoxy) is 2. The number of carbonyl (C=O) groups excluding carboxylic acids is 2. The van der Waals surface area contributed by atoms with Gasteiger partial charge >= 0.3 is 5.97 Å². The second-order valence-corrected chi connectivity index (χ2v) is 5.85. The van der Waals surface area contributed by atoms with Crippen LogP contribution in [0.3, 0.4) is 0 Å². The van der Waals surface area contributed by atoms with E-state index in [1.165, 1.54) is 25.1 Å². The van der Waals surface area contributed by atoms with E-state index in [1.54, 1.807) is 49.6 Å². The quantitative estimate of drug-likeness (QED) is 0.572. The zero-order chi connectivity index (χ0) is 19.6. The second-order valence-electron chi connectivity index (χ2n) is 5.85. The first-order valence-electron chi connectivity index (χ1n) is 8.53. The van der Waals surface area contributed by atoms with E-state index >= 15 is 0 Å². The van der Waals surface area contributed by atoms with Crippen molar-refractivity contribution in [2.45, 2.75) is 19.4 Å². The van der Waals surface area contributed by atoms with E-state index in [0.717, 1.165) is 16.9 Å². The van der Waals surface area contributed by atoms with Gasteiger partial charge in [0, 0.05) is 12.6 Å². The minimum absolute atomic E-state index is 0.300. The summed E-state index contributed by atoms with van der Waals surface area (Å²) in [4.78, 5) is 23.8. The van der Waals surface area contributed by atoms with Crippen LogP contribution in [0.25, 0.3) is 6.08 Å². The molecule has 1 amide bonds. The summed E-state index contributed by atoms with van der Waals surface area (Å²) in [6.07, 6.45) is 2.51. The molecule has 0 aliphatic carbocycles. The molecule has 0 aliphatic heterocycles. The number of methoxy groups -OCH3 is 1. The molecule has 142 valence electrons. The fourth-order valence-corrected chi connectivity index (χ4v) is 2.27.